The van der Waals surface area contributed by atoms with Gasteiger partial charge in [0.2, 0.25) is 0 Å². The Kier molecular flexibility index (Phi) is 5.19. The zero-order valence-electron chi connectivity index (χ0n) is 16.6. The number of benzene rings is 1. The number of nitrogens with zero attached hydrogens (tertiary/aromatic N) is 4. The van der Waals surface area contributed by atoms with Crippen LogP contribution in [0.2, 0.25) is 0 Å². The van der Waals surface area contributed by atoms with Crippen LogP contribution in [0, 0.1) is 6.92 Å². The Morgan fingerprint density at radius 2 is 2.04 bits per heavy atom. The van der Waals surface area contributed by atoms with Crippen LogP contribution >= 0.6 is 0 Å². The number of fused-ring (bicyclic) bond motifs is 2. The number of guanidine groups is 1. The van der Waals surface area contributed by atoms with Crippen molar-refractivity contribution in [3.63, 3.8) is 0 Å². The van der Waals surface area contributed by atoms with E-state index in [1.807, 2.05) is 13.2 Å². The fourth-order valence-corrected chi connectivity index (χ4v) is 4.84. The highest BCUT2D eigenvalue weighted by molar-refractivity contribution is 5.98. The number of hydrogen-bond donors (Lipinski definition) is 1. The molecule has 0 radical (unpaired) electrons. The van der Waals surface area contributed by atoms with E-state index >= 15 is 0 Å². The molecular formula is C22H31N5. The molecule has 27 heavy (non-hydrogen) atoms. The van der Waals surface area contributed by atoms with Crippen molar-refractivity contribution in [2.45, 2.75) is 57.4 Å². The first-order valence-corrected chi connectivity index (χ1v) is 10.3. The molecule has 0 amide bonds. The quantitative estimate of drug-likeness (QED) is 0.497. The first-order valence-electron chi connectivity index (χ1n) is 10.3. The first-order chi connectivity index (χ1) is 13.2. The molecule has 5 heteroatoms. The van der Waals surface area contributed by atoms with Crippen molar-refractivity contribution in [2.24, 2.45) is 4.99 Å². The highest BCUT2D eigenvalue weighted by Crippen LogP contribution is 2.50. The molecule has 1 N–H and O–H groups in total. The summed E-state index contributed by atoms with van der Waals surface area (Å²) in [5, 5.41) is 3.60. The van der Waals surface area contributed by atoms with Gasteiger partial charge in [-0.2, -0.15) is 0 Å². The van der Waals surface area contributed by atoms with Crippen LogP contribution in [-0.2, 0) is 12.0 Å². The molecule has 0 saturated heterocycles. The summed E-state index contributed by atoms with van der Waals surface area (Å²) in [4.78, 5) is 11.3. The van der Waals surface area contributed by atoms with Gasteiger partial charge in [0.25, 0.3) is 0 Å². The van der Waals surface area contributed by atoms with Crippen molar-refractivity contribution in [3.8, 4) is 0 Å². The molecule has 1 saturated carbocycles. The van der Waals surface area contributed by atoms with Gasteiger partial charge in [-0.05, 0) is 44.2 Å². The number of aryl methyl sites for hydroxylation is 2. The highest BCUT2D eigenvalue weighted by Gasteiger charge is 2.45. The van der Waals surface area contributed by atoms with Crippen molar-refractivity contribution in [1.82, 2.24) is 14.9 Å². The topological polar surface area (TPSA) is 45.5 Å². The predicted molar refractivity (Wildman–Crippen MR) is 111 cm³/mol. The van der Waals surface area contributed by atoms with Gasteiger partial charge in [0, 0.05) is 50.2 Å². The summed E-state index contributed by atoms with van der Waals surface area (Å²) in [5.41, 5.74) is 3.22. The largest absolute Gasteiger partial charge is 0.356 e. The number of nitrogens with one attached hydrogen (secondary N) is 1. The molecule has 1 aromatic carbocycles. The van der Waals surface area contributed by atoms with Crippen LogP contribution in [0.25, 0.3) is 0 Å². The summed E-state index contributed by atoms with van der Waals surface area (Å²) < 4.78 is 2.22. The van der Waals surface area contributed by atoms with E-state index in [9.17, 15) is 0 Å². The number of hydrogen-bond acceptors (Lipinski definition) is 2. The van der Waals surface area contributed by atoms with Crippen molar-refractivity contribution in [1.29, 1.82) is 0 Å². The summed E-state index contributed by atoms with van der Waals surface area (Å²) in [6, 6.07) is 8.94. The summed E-state index contributed by atoms with van der Waals surface area (Å²) in [5.74, 6) is 2.11. The van der Waals surface area contributed by atoms with Gasteiger partial charge >= 0.3 is 0 Å². The van der Waals surface area contributed by atoms with E-state index in [0.717, 1.165) is 44.3 Å². The minimum atomic E-state index is 0.340. The van der Waals surface area contributed by atoms with Gasteiger partial charge < -0.3 is 14.8 Å². The fraction of sp³-hybridized carbons (Fsp3) is 0.545. The maximum Gasteiger partial charge on any atom is 0.198 e. The molecule has 5 nitrogen and oxygen atoms in total. The Morgan fingerprint density at radius 1 is 1.22 bits per heavy atom. The average molecular weight is 366 g/mol. The molecule has 0 bridgehead atoms. The van der Waals surface area contributed by atoms with Gasteiger partial charge in [0.05, 0.1) is 0 Å². The van der Waals surface area contributed by atoms with Crippen LogP contribution < -0.4 is 10.2 Å². The van der Waals surface area contributed by atoms with E-state index in [-0.39, 0.29) is 0 Å². The lowest BCUT2D eigenvalue weighted by Crippen LogP contribution is -2.43. The minimum Gasteiger partial charge on any atom is -0.356 e. The Morgan fingerprint density at radius 3 is 2.78 bits per heavy atom. The lowest BCUT2D eigenvalue weighted by Gasteiger charge is -2.26. The third-order valence-corrected chi connectivity index (χ3v) is 6.29. The molecule has 144 valence electrons. The van der Waals surface area contributed by atoms with Crippen LogP contribution in [0.4, 0.5) is 5.69 Å². The number of rotatable bonds is 5. The average Bonchev–Trinajstić information content (AvgIpc) is 3.40. The van der Waals surface area contributed by atoms with Crippen LogP contribution in [-0.4, -0.2) is 35.6 Å². The SMILES string of the molecule is CN=C(NCCCCn1ccnc1C)N1CC2(CCCC2)c2ccccc21. The van der Waals surface area contributed by atoms with E-state index in [0.29, 0.717) is 5.41 Å². The van der Waals surface area contributed by atoms with E-state index in [2.05, 4.69) is 62.1 Å². The summed E-state index contributed by atoms with van der Waals surface area (Å²) in [6.45, 7) is 5.11. The normalized spacial score (nSPS) is 18.3. The summed E-state index contributed by atoms with van der Waals surface area (Å²) in [7, 11) is 1.90. The molecule has 4 rings (SSSR count). The monoisotopic (exact) mass is 365 g/mol. The molecule has 2 aliphatic rings. The highest BCUT2D eigenvalue weighted by atomic mass is 15.3. The van der Waals surface area contributed by atoms with Gasteiger partial charge in [-0.3, -0.25) is 4.99 Å². The third-order valence-electron chi connectivity index (χ3n) is 6.29. The smallest absolute Gasteiger partial charge is 0.198 e. The summed E-state index contributed by atoms with van der Waals surface area (Å²) >= 11 is 0. The second kappa shape index (κ2) is 7.75. The van der Waals surface area contributed by atoms with Gasteiger partial charge in [-0.25, -0.2) is 4.98 Å². The van der Waals surface area contributed by atoms with Gasteiger partial charge in [0.15, 0.2) is 5.96 Å². The number of unbranched alkanes of at least 4 members (excludes halogenated alkanes) is 1. The van der Waals surface area contributed by atoms with Crippen molar-refractivity contribution in [2.75, 3.05) is 25.0 Å². The molecule has 1 spiro atoms. The first kappa shape index (κ1) is 18.1. The Hall–Kier alpha value is -2.30. The molecular weight excluding hydrogens is 334 g/mol. The van der Waals surface area contributed by atoms with E-state index in [4.69, 9.17) is 0 Å². The number of aliphatic imine (C=N–C) groups is 1. The van der Waals surface area contributed by atoms with Crippen LogP contribution in [0.5, 0.6) is 0 Å². The molecule has 1 aromatic heterocycles. The number of imidazole rings is 1. The zero-order valence-corrected chi connectivity index (χ0v) is 16.6. The Labute approximate surface area is 162 Å². The third kappa shape index (κ3) is 3.47. The van der Waals surface area contributed by atoms with Gasteiger partial charge in [-0.15, -0.1) is 0 Å². The Bertz CT molecular complexity index is 801. The van der Waals surface area contributed by atoms with Crippen LogP contribution in [0.3, 0.4) is 0 Å². The predicted octanol–water partition coefficient (Wildman–Crippen LogP) is 3.88. The lowest BCUT2D eigenvalue weighted by molar-refractivity contribution is 0.478. The van der Waals surface area contributed by atoms with E-state index in [1.165, 1.54) is 36.9 Å². The lowest BCUT2D eigenvalue weighted by atomic mass is 9.81. The number of anilines is 1. The zero-order chi connectivity index (χ0) is 18.7. The standard InChI is InChI=1S/C22H31N5/c1-18-24-14-16-26(18)15-8-7-13-25-21(23-2)27-17-22(11-5-6-12-22)19-9-3-4-10-20(19)27/h3-4,9-10,14,16H,5-8,11-13,15,17H2,1-2H3,(H,23,25). The molecule has 1 fully saturated rings. The molecule has 2 heterocycles. The summed E-state index contributed by atoms with van der Waals surface area (Å²) in [6.07, 6.45) is 11.5. The molecule has 2 aromatic rings. The number of para-hydroxylation sites is 1. The van der Waals surface area contributed by atoms with Crippen molar-refractivity contribution >= 4 is 11.6 Å². The van der Waals surface area contributed by atoms with Gasteiger partial charge in [0.1, 0.15) is 5.82 Å². The van der Waals surface area contributed by atoms with Crippen molar-refractivity contribution in [3.05, 3.63) is 48.0 Å². The molecule has 0 unspecified atom stereocenters. The maximum absolute atomic E-state index is 4.60. The Balaban J connectivity index is 1.36. The minimum absolute atomic E-state index is 0.340. The van der Waals surface area contributed by atoms with E-state index in [1.54, 1.807) is 0 Å². The fourth-order valence-electron chi connectivity index (χ4n) is 4.84. The van der Waals surface area contributed by atoms with E-state index < -0.39 is 0 Å². The molecule has 1 aliphatic heterocycles. The van der Waals surface area contributed by atoms with Gasteiger partial charge in [-0.1, -0.05) is 31.0 Å². The number of aromatic nitrogens is 2. The van der Waals surface area contributed by atoms with Crippen LogP contribution in [0.1, 0.15) is 49.9 Å². The molecule has 0 atom stereocenters. The maximum atomic E-state index is 4.60. The second-order valence-corrected chi connectivity index (χ2v) is 7.94. The second-order valence-electron chi connectivity index (χ2n) is 7.94. The van der Waals surface area contributed by atoms with Crippen LogP contribution in [0.15, 0.2) is 41.7 Å². The van der Waals surface area contributed by atoms with Crippen molar-refractivity contribution < 1.29 is 0 Å². The molecule has 1 aliphatic carbocycles.